The molecule has 0 bridgehead atoms. The Morgan fingerprint density at radius 1 is 1.12 bits per heavy atom. The van der Waals surface area contributed by atoms with E-state index in [1.54, 1.807) is 18.2 Å². The summed E-state index contributed by atoms with van der Waals surface area (Å²) in [6.45, 7) is 5.33. The molecular weight excluding hydrogens is 308 g/mol. The van der Waals surface area contributed by atoms with Crippen molar-refractivity contribution < 1.29 is 19.1 Å². The number of nitrogens with one attached hydrogen (secondary N) is 1. The lowest BCUT2D eigenvalue weighted by atomic mass is 10.2. The molecular formula is C18H26N2O4. The molecule has 1 N–H and O–H groups in total. The normalized spacial score (nSPS) is 14.9. The molecule has 0 saturated carbocycles. The van der Waals surface area contributed by atoms with Crippen LogP contribution in [-0.4, -0.2) is 43.2 Å². The smallest absolute Gasteiger partial charge is 0.337 e. The van der Waals surface area contributed by atoms with Crippen molar-refractivity contribution >= 4 is 17.7 Å². The quantitative estimate of drug-likeness (QED) is 0.853. The third kappa shape index (κ3) is 4.88. The summed E-state index contributed by atoms with van der Waals surface area (Å²) in [5, 5.41) is 2.89. The minimum Gasteiger partial charge on any atom is -0.489 e. The highest BCUT2D eigenvalue weighted by Gasteiger charge is 2.19. The topological polar surface area (TPSA) is 67.9 Å². The van der Waals surface area contributed by atoms with E-state index in [-0.39, 0.29) is 12.1 Å². The van der Waals surface area contributed by atoms with Gasteiger partial charge in [0, 0.05) is 13.1 Å². The average Bonchev–Trinajstić information content (AvgIpc) is 2.84. The number of likely N-dealkylation sites (tertiary alicyclic amines) is 1. The van der Waals surface area contributed by atoms with Gasteiger partial charge in [0.1, 0.15) is 5.75 Å². The molecule has 1 heterocycles. The molecule has 1 aromatic carbocycles. The Kier molecular flexibility index (Phi) is 6.46. The minimum atomic E-state index is -0.448. The fourth-order valence-electron chi connectivity index (χ4n) is 2.70. The van der Waals surface area contributed by atoms with Crippen molar-refractivity contribution in [2.45, 2.75) is 45.6 Å². The second-order valence-electron chi connectivity index (χ2n) is 6.20. The fourth-order valence-corrected chi connectivity index (χ4v) is 2.70. The molecule has 0 spiro atoms. The Bertz CT molecular complexity index is 578. The fraction of sp³-hybridized carbons (Fsp3) is 0.556. The van der Waals surface area contributed by atoms with Crippen LogP contribution in [0, 0.1) is 0 Å². The maximum absolute atomic E-state index is 12.6. The van der Waals surface area contributed by atoms with Gasteiger partial charge >= 0.3 is 12.0 Å². The molecule has 0 radical (unpaired) electrons. The standard InChI is InChI=1S/C18H26N2O4/c1-13(2)24-16-9-8-14(17(21)23-3)12-15(16)19-18(22)20-10-6-4-5-7-11-20/h8-9,12-13H,4-7,10-11H2,1-3H3,(H,19,22). The second kappa shape index (κ2) is 8.57. The minimum absolute atomic E-state index is 0.0391. The SMILES string of the molecule is COC(=O)c1ccc(OC(C)C)c(NC(=O)N2CCCCCC2)c1. The van der Waals surface area contributed by atoms with Crippen LogP contribution in [0.25, 0.3) is 0 Å². The first-order chi connectivity index (χ1) is 11.5. The first-order valence-electron chi connectivity index (χ1n) is 8.46. The maximum atomic E-state index is 12.6. The molecule has 2 amide bonds. The summed E-state index contributed by atoms with van der Waals surface area (Å²) in [6.07, 6.45) is 4.31. The van der Waals surface area contributed by atoms with Crippen LogP contribution in [0.4, 0.5) is 10.5 Å². The molecule has 1 aliphatic heterocycles. The van der Waals surface area contributed by atoms with Gasteiger partial charge in [-0.3, -0.25) is 0 Å². The van der Waals surface area contributed by atoms with Gasteiger partial charge in [-0.05, 0) is 44.9 Å². The number of carbonyl (C=O) groups is 2. The van der Waals surface area contributed by atoms with Gasteiger partial charge in [0.15, 0.2) is 0 Å². The number of nitrogens with zero attached hydrogens (tertiary/aromatic N) is 1. The van der Waals surface area contributed by atoms with Crippen LogP contribution in [0.2, 0.25) is 0 Å². The summed E-state index contributed by atoms with van der Waals surface area (Å²) in [6, 6.07) is 4.75. The zero-order chi connectivity index (χ0) is 17.5. The van der Waals surface area contributed by atoms with Crippen LogP contribution in [0.1, 0.15) is 49.9 Å². The molecule has 6 heteroatoms. The van der Waals surface area contributed by atoms with Crippen LogP contribution >= 0.6 is 0 Å². The van der Waals surface area contributed by atoms with Crippen molar-refractivity contribution in [2.75, 3.05) is 25.5 Å². The van der Waals surface area contributed by atoms with E-state index in [1.807, 2.05) is 18.7 Å². The lowest BCUT2D eigenvalue weighted by Gasteiger charge is -2.22. The van der Waals surface area contributed by atoms with Crippen molar-refractivity contribution in [3.8, 4) is 5.75 Å². The van der Waals surface area contributed by atoms with Gasteiger partial charge in [0.2, 0.25) is 0 Å². The number of methoxy groups -OCH3 is 1. The molecule has 1 aliphatic rings. The van der Waals surface area contributed by atoms with E-state index in [0.29, 0.717) is 17.0 Å². The van der Waals surface area contributed by atoms with Gasteiger partial charge in [-0.15, -0.1) is 0 Å². The lowest BCUT2D eigenvalue weighted by molar-refractivity contribution is 0.0600. The van der Waals surface area contributed by atoms with Crippen molar-refractivity contribution in [2.24, 2.45) is 0 Å². The Morgan fingerprint density at radius 3 is 2.38 bits per heavy atom. The molecule has 0 aromatic heterocycles. The van der Waals surface area contributed by atoms with Gasteiger partial charge < -0.3 is 19.7 Å². The van der Waals surface area contributed by atoms with Gasteiger partial charge in [-0.2, -0.15) is 0 Å². The van der Waals surface area contributed by atoms with Crippen molar-refractivity contribution in [3.05, 3.63) is 23.8 Å². The number of esters is 1. The molecule has 0 aliphatic carbocycles. The van der Waals surface area contributed by atoms with E-state index < -0.39 is 5.97 Å². The maximum Gasteiger partial charge on any atom is 0.337 e. The first kappa shape index (κ1) is 18.1. The molecule has 2 rings (SSSR count). The van der Waals surface area contributed by atoms with Crippen molar-refractivity contribution in [3.63, 3.8) is 0 Å². The zero-order valence-electron chi connectivity index (χ0n) is 14.6. The number of amides is 2. The van der Waals surface area contributed by atoms with Crippen molar-refractivity contribution in [1.82, 2.24) is 4.90 Å². The largest absolute Gasteiger partial charge is 0.489 e. The zero-order valence-corrected chi connectivity index (χ0v) is 14.6. The summed E-state index contributed by atoms with van der Waals surface area (Å²) in [7, 11) is 1.33. The first-order valence-corrected chi connectivity index (χ1v) is 8.46. The molecule has 6 nitrogen and oxygen atoms in total. The van der Waals surface area contributed by atoms with E-state index >= 15 is 0 Å². The molecule has 0 unspecified atom stereocenters. The van der Waals surface area contributed by atoms with Gasteiger partial charge in [0.25, 0.3) is 0 Å². The summed E-state index contributed by atoms with van der Waals surface area (Å²) in [5.74, 6) is 0.0946. The van der Waals surface area contributed by atoms with E-state index in [9.17, 15) is 9.59 Å². The van der Waals surface area contributed by atoms with E-state index in [4.69, 9.17) is 9.47 Å². The number of rotatable bonds is 4. The predicted octanol–water partition coefficient (Wildman–Crippen LogP) is 3.67. The third-order valence-electron chi connectivity index (χ3n) is 3.90. The van der Waals surface area contributed by atoms with Crippen LogP contribution in [0.5, 0.6) is 5.75 Å². The number of hydrogen-bond donors (Lipinski definition) is 1. The van der Waals surface area contributed by atoms with E-state index in [1.165, 1.54) is 7.11 Å². The number of hydrogen-bond acceptors (Lipinski definition) is 4. The van der Waals surface area contributed by atoms with Crippen LogP contribution in [-0.2, 0) is 4.74 Å². The molecule has 1 aromatic rings. The average molecular weight is 334 g/mol. The highest BCUT2D eigenvalue weighted by Crippen LogP contribution is 2.28. The second-order valence-corrected chi connectivity index (χ2v) is 6.20. The Hall–Kier alpha value is -2.24. The van der Waals surface area contributed by atoms with Crippen LogP contribution in [0.15, 0.2) is 18.2 Å². The highest BCUT2D eigenvalue weighted by molar-refractivity contribution is 5.95. The Labute approximate surface area is 143 Å². The Balaban J connectivity index is 2.20. The monoisotopic (exact) mass is 334 g/mol. The number of carbonyl (C=O) groups excluding carboxylic acids is 2. The number of anilines is 1. The molecule has 1 fully saturated rings. The van der Waals surface area contributed by atoms with Gasteiger partial charge in [-0.25, -0.2) is 9.59 Å². The molecule has 1 saturated heterocycles. The van der Waals surface area contributed by atoms with E-state index in [2.05, 4.69) is 5.32 Å². The lowest BCUT2D eigenvalue weighted by Crippen LogP contribution is -2.35. The van der Waals surface area contributed by atoms with Crippen molar-refractivity contribution in [1.29, 1.82) is 0 Å². The highest BCUT2D eigenvalue weighted by atomic mass is 16.5. The number of ether oxygens (including phenoxy) is 2. The molecule has 132 valence electrons. The molecule has 24 heavy (non-hydrogen) atoms. The number of benzene rings is 1. The Morgan fingerprint density at radius 2 is 1.79 bits per heavy atom. The summed E-state index contributed by atoms with van der Waals surface area (Å²) in [4.78, 5) is 26.1. The van der Waals surface area contributed by atoms with E-state index in [0.717, 1.165) is 38.8 Å². The number of urea groups is 1. The summed E-state index contributed by atoms with van der Waals surface area (Å²) in [5.41, 5.74) is 0.862. The van der Waals surface area contributed by atoms with Crippen LogP contribution < -0.4 is 10.1 Å². The molecule has 0 atom stereocenters. The van der Waals surface area contributed by atoms with Gasteiger partial charge in [0.05, 0.1) is 24.5 Å². The summed E-state index contributed by atoms with van der Waals surface area (Å²) >= 11 is 0. The predicted molar refractivity (Wildman–Crippen MR) is 92.6 cm³/mol. The van der Waals surface area contributed by atoms with Gasteiger partial charge in [-0.1, -0.05) is 12.8 Å². The summed E-state index contributed by atoms with van der Waals surface area (Å²) < 4.78 is 10.5. The van der Waals surface area contributed by atoms with Crippen LogP contribution in [0.3, 0.4) is 0 Å². The third-order valence-corrected chi connectivity index (χ3v) is 3.90.